The lowest BCUT2D eigenvalue weighted by atomic mass is 9.91. The van der Waals surface area contributed by atoms with Crippen molar-refractivity contribution in [3.63, 3.8) is 0 Å². The van der Waals surface area contributed by atoms with E-state index >= 15 is 0 Å². The molecule has 0 radical (unpaired) electrons. The maximum atomic E-state index is 11.5. The number of imidazole rings is 1. The first-order valence-electron chi connectivity index (χ1n) is 8.97. The van der Waals surface area contributed by atoms with Crippen molar-refractivity contribution in [3.05, 3.63) is 49.1 Å². The standard InChI is InChI=1S/C18H22N6O2S/c1-27(25,26)22-14-6-8-15(9-7-14)24(18-19-10-4-11-20-18)17-13-21-16-5-2-3-12-23(16)17/h2-5,10-15,22H,6-9H2,1H3. The largest absolute Gasteiger partial charge is 0.292 e. The topological polar surface area (TPSA) is 92.5 Å². The zero-order valence-corrected chi connectivity index (χ0v) is 15.9. The van der Waals surface area contributed by atoms with E-state index in [9.17, 15) is 8.42 Å². The van der Waals surface area contributed by atoms with Gasteiger partial charge >= 0.3 is 0 Å². The van der Waals surface area contributed by atoms with Crippen molar-refractivity contribution in [1.82, 2.24) is 24.1 Å². The summed E-state index contributed by atoms with van der Waals surface area (Å²) in [5.74, 6) is 1.54. The molecule has 0 aromatic carbocycles. The quantitative estimate of drug-likeness (QED) is 0.722. The Kier molecular flexibility index (Phi) is 4.79. The van der Waals surface area contributed by atoms with Gasteiger partial charge in [0.15, 0.2) is 0 Å². The Morgan fingerprint density at radius 1 is 1.07 bits per heavy atom. The fraction of sp³-hybridized carbons (Fsp3) is 0.389. The van der Waals surface area contributed by atoms with Crippen LogP contribution in [-0.2, 0) is 10.0 Å². The van der Waals surface area contributed by atoms with Gasteiger partial charge < -0.3 is 0 Å². The van der Waals surface area contributed by atoms with Crippen molar-refractivity contribution >= 4 is 27.4 Å². The molecule has 0 spiro atoms. The third-order valence-electron chi connectivity index (χ3n) is 4.85. The fourth-order valence-corrected chi connectivity index (χ4v) is 4.56. The number of fused-ring (bicyclic) bond motifs is 1. The van der Waals surface area contributed by atoms with Crippen molar-refractivity contribution in [1.29, 1.82) is 0 Å². The minimum absolute atomic E-state index is 0.0167. The first kappa shape index (κ1) is 17.9. The lowest BCUT2D eigenvalue weighted by Crippen LogP contribution is -2.43. The molecule has 1 fully saturated rings. The van der Waals surface area contributed by atoms with Crippen LogP contribution in [0.4, 0.5) is 11.8 Å². The molecule has 0 bridgehead atoms. The highest BCUT2D eigenvalue weighted by Gasteiger charge is 2.31. The Hall–Kier alpha value is -2.52. The van der Waals surface area contributed by atoms with Crippen molar-refractivity contribution in [2.45, 2.75) is 37.8 Å². The normalized spacial score (nSPS) is 20.6. The molecule has 0 atom stereocenters. The predicted molar refractivity (Wildman–Crippen MR) is 103 cm³/mol. The molecule has 0 unspecified atom stereocenters. The summed E-state index contributed by atoms with van der Waals surface area (Å²) < 4.78 is 27.8. The van der Waals surface area contributed by atoms with Crippen LogP contribution < -0.4 is 9.62 Å². The van der Waals surface area contributed by atoms with Crippen LogP contribution in [0.15, 0.2) is 49.1 Å². The number of anilines is 2. The van der Waals surface area contributed by atoms with E-state index in [0.717, 1.165) is 37.1 Å². The first-order valence-corrected chi connectivity index (χ1v) is 10.9. The van der Waals surface area contributed by atoms with Gasteiger partial charge in [-0.1, -0.05) is 6.07 Å². The molecule has 1 aliphatic carbocycles. The summed E-state index contributed by atoms with van der Waals surface area (Å²) in [4.78, 5) is 15.5. The molecule has 4 rings (SSSR count). The lowest BCUT2D eigenvalue weighted by Gasteiger charge is -2.36. The molecular formula is C18H22N6O2S. The maximum Gasteiger partial charge on any atom is 0.231 e. The molecule has 8 nitrogen and oxygen atoms in total. The van der Waals surface area contributed by atoms with Gasteiger partial charge in [-0.25, -0.2) is 28.1 Å². The Morgan fingerprint density at radius 3 is 2.52 bits per heavy atom. The van der Waals surface area contributed by atoms with E-state index in [-0.39, 0.29) is 12.1 Å². The molecule has 0 saturated heterocycles. The van der Waals surface area contributed by atoms with Crippen LogP contribution in [-0.4, -0.2) is 46.1 Å². The average molecular weight is 386 g/mol. The summed E-state index contributed by atoms with van der Waals surface area (Å²) in [6, 6.07) is 7.83. The van der Waals surface area contributed by atoms with Gasteiger partial charge in [-0.05, 0) is 43.9 Å². The highest BCUT2D eigenvalue weighted by atomic mass is 32.2. The van der Waals surface area contributed by atoms with Gasteiger partial charge in [-0.3, -0.25) is 9.30 Å². The fourth-order valence-electron chi connectivity index (χ4n) is 3.72. The van der Waals surface area contributed by atoms with Crippen LogP contribution in [0.2, 0.25) is 0 Å². The minimum Gasteiger partial charge on any atom is -0.292 e. The Morgan fingerprint density at radius 2 is 1.81 bits per heavy atom. The Bertz CT molecular complexity index is 1010. The molecule has 9 heteroatoms. The second kappa shape index (κ2) is 7.24. The summed E-state index contributed by atoms with van der Waals surface area (Å²) in [5.41, 5.74) is 0.862. The summed E-state index contributed by atoms with van der Waals surface area (Å²) in [6.45, 7) is 0. The third-order valence-corrected chi connectivity index (χ3v) is 5.62. The van der Waals surface area contributed by atoms with Gasteiger partial charge in [0.05, 0.1) is 12.5 Å². The number of sulfonamides is 1. The van der Waals surface area contributed by atoms with Crippen molar-refractivity contribution in [3.8, 4) is 0 Å². The van der Waals surface area contributed by atoms with Crippen molar-refractivity contribution in [2.75, 3.05) is 11.2 Å². The van der Waals surface area contributed by atoms with Gasteiger partial charge in [-0.2, -0.15) is 0 Å². The van der Waals surface area contributed by atoms with Gasteiger partial charge in [0, 0.05) is 30.7 Å². The molecule has 1 N–H and O–H groups in total. The number of pyridine rings is 1. The van der Waals surface area contributed by atoms with Gasteiger partial charge in [-0.15, -0.1) is 0 Å². The highest BCUT2D eigenvalue weighted by molar-refractivity contribution is 7.88. The number of rotatable bonds is 5. The lowest BCUT2D eigenvalue weighted by molar-refractivity contribution is 0.368. The van der Waals surface area contributed by atoms with E-state index in [1.165, 1.54) is 6.26 Å². The molecule has 3 aromatic rings. The number of nitrogens with one attached hydrogen (secondary N) is 1. The van der Waals surface area contributed by atoms with Crippen LogP contribution in [0.3, 0.4) is 0 Å². The highest BCUT2D eigenvalue weighted by Crippen LogP contribution is 2.32. The average Bonchev–Trinajstić information content (AvgIpc) is 3.07. The van der Waals surface area contributed by atoms with Crippen molar-refractivity contribution in [2.24, 2.45) is 0 Å². The zero-order chi connectivity index (χ0) is 18.9. The summed E-state index contributed by atoms with van der Waals surface area (Å²) in [7, 11) is -3.19. The smallest absolute Gasteiger partial charge is 0.231 e. The van der Waals surface area contributed by atoms with E-state index in [2.05, 4.69) is 24.6 Å². The second-order valence-electron chi connectivity index (χ2n) is 6.86. The Labute approximate surface area is 158 Å². The number of hydrogen-bond donors (Lipinski definition) is 1. The SMILES string of the molecule is CS(=O)(=O)NC1CCC(N(c2ncccn2)c2cnc3ccccn23)CC1. The second-order valence-corrected chi connectivity index (χ2v) is 8.64. The number of aromatic nitrogens is 4. The van der Waals surface area contributed by atoms with Crippen LogP contribution in [0, 0.1) is 0 Å². The number of hydrogen-bond acceptors (Lipinski definition) is 6. The van der Waals surface area contributed by atoms with Crippen LogP contribution in [0.5, 0.6) is 0 Å². The van der Waals surface area contributed by atoms with E-state index in [4.69, 9.17) is 0 Å². The molecule has 27 heavy (non-hydrogen) atoms. The van der Waals surface area contributed by atoms with E-state index in [0.29, 0.717) is 5.95 Å². The van der Waals surface area contributed by atoms with Gasteiger partial charge in [0.1, 0.15) is 11.5 Å². The van der Waals surface area contributed by atoms with Gasteiger partial charge in [0.25, 0.3) is 0 Å². The molecular weight excluding hydrogens is 364 g/mol. The molecule has 1 saturated carbocycles. The summed E-state index contributed by atoms with van der Waals surface area (Å²) >= 11 is 0. The molecule has 0 amide bonds. The zero-order valence-electron chi connectivity index (χ0n) is 15.1. The molecule has 1 aliphatic rings. The van der Waals surface area contributed by atoms with E-state index < -0.39 is 10.0 Å². The third kappa shape index (κ3) is 3.93. The maximum absolute atomic E-state index is 11.5. The molecule has 142 valence electrons. The molecule has 0 aliphatic heterocycles. The number of nitrogens with zero attached hydrogens (tertiary/aromatic N) is 5. The molecule has 3 heterocycles. The molecule has 3 aromatic heterocycles. The van der Waals surface area contributed by atoms with E-state index in [1.54, 1.807) is 18.5 Å². The van der Waals surface area contributed by atoms with Crippen LogP contribution in [0.1, 0.15) is 25.7 Å². The first-order chi connectivity index (χ1) is 13.0. The predicted octanol–water partition coefficient (Wildman–Crippen LogP) is 2.12. The van der Waals surface area contributed by atoms with Crippen LogP contribution >= 0.6 is 0 Å². The minimum atomic E-state index is -3.19. The monoisotopic (exact) mass is 386 g/mol. The van der Waals surface area contributed by atoms with Crippen LogP contribution in [0.25, 0.3) is 5.65 Å². The summed E-state index contributed by atoms with van der Waals surface area (Å²) in [5, 5.41) is 0. The van der Waals surface area contributed by atoms with E-state index in [1.807, 2.05) is 35.0 Å². The summed E-state index contributed by atoms with van der Waals surface area (Å²) in [6.07, 6.45) is 11.7. The van der Waals surface area contributed by atoms with Gasteiger partial charge in [0.2, 0.25) is 16.0 Å². The van der Waals surface area contributed by atoms with Crippen molar-refractivity contribution < 1.29 is 8.42 Å². The Balaban J connectivity index is 1.64.